The SMILES string of the molecule is CCOC(=O)[C@H]1C(=O)N[C@@H]2c3ccccc3O[C@H]3CCCC[C@]132. The van der Waals surface area contributed by atoms with Gasteiger partial charge in [-0.05, 0) is 32.3 Å². The van der Waals surface area contributed by atoms with Crippen LogP contribution < -0.4 is 10.1 Å². The van der Waals surface area contributed by atoms with Gasteiger partial charge in [0.25, 0.3) is 0 Å². The Morgan fingerprint density at radius 2 is 2.22 bits per heavy atom. The molecular weight excluding hydrogens is 294 g/mol. The summed E-state index contributed by atoms with van der Waals surface area (Å²) in [5.41, 5.74) is 0.460. The zero-order valence-electron chi connectivity index (χ0n) is 13.2. The number of fused-ring (bicyclic) bond motifs is 2. The quantitative estimate of drug-likeness (QED) is 0.672. The van der Waals surface area contributed by atoms with E-state index in [2.05, 4.69) is 5.32 Å². The van der Waals surface area contributed by atoms with Gasteiger partial charge in [-0.15, -0.1) is 0 Å². The van der Waals surface area contributed by atoms with Crippen LogP contribution in [-0.2, 0) is 14.3 Å². The third kappa shape index (κ3) is 1.92. The Hall–Kier alpha value is -2.04. The molecule has 1 amide bonds. The molecule has 0 bridgehead atoms. The largest absolute Gasteiger partial charge is 0.489 e. The molecule has 5 heteroatoms. The molecule has 122 valence electrons. The second-order valence-corrected chi connectivity index (χ2v) is 6.63. The van der Waals surface area contributed by atoms with Crippen molar-refractivity contribution in [2.45, 2.75) is 44.8 Å². The predicted molar refractivity (Wildman–Crippen MR) is 82.8 cm³/mol. The van der Waals surface area contributed by atoms with Gasteiger partial charge in [-0.25, -0.2) is 0 Å². The van der Waals surface area contributed by atoms with E-state index in [1.807, 2.05) is 24.3 Å². The number of hydrogen-bond donors (Lipinski definition) is 1. The van der Waals surface area contributed by atoms with Crippen molar-refractivity contribution in [2.75, 3.05) is 6.61 Å². The minimum Gasteiger partial charge on any atom is -0.489 e. The fourth-order valence-corrected chi connectivity index (χ4v) is 4.69. The van der Waals surface area contributed by atoms with Crippen LogP contribution in [0.3, 0.4) is 0 Å². The van der Waals surface area contributed by atoms with Crippen molar-refractivity contribution < 1.29 is 19.1 Å². The first-order chi connectivity index (χ1) is 11.2. The van der Waals surface area contributed by atoms with Crippen molar-refractivity contribution in [1.29, 1.82) is 0 Å². The van der Waals surface area contributed by atoms with E-state index in [1.165, 1.54) is 0 Å². The Balaban J connectivity index is 1.85. The first-order valence-electron chi connectivity index (χ1n) is 8.41. The molecule has 4 atom stereocenters. The number of benzene rings is 1. The van der Waals surface area contributed by atoms with E-state index in [-0.39, 0.29) is 24.7 Å². The van der Waals surface area contributed by atoms with Crippen LogP contribution in [0.1, 0.15) is 44.2 Å². The van der Waals surface area contributed by atoms with Crippen LogP contribution in [0, 0.1) is 11.3 Å². The molecule has 2 heterocycles. The maximum atomic E-state index is 12.6. The minimum atomic E-state index is -0.772. The van der Waals surface area contributed by atoms with Gasteiger partial charge in [-0.1, -0.05) is 24.6 Å². The maximum absolute atomic E-state index is 12.6. The summed E-state index contributed by atoms with van der Waals surface area (Å²) in [6.45, 7) is 2.05. The number of rotatable bonds is 2. The van der Waals surface area contributed by atoms with E-state index in [9.17, 15) is 9.59 Å². The van der Waals surface area contributed by atoms with Gasteiger partial charge in [-0.2, -0.15) is 0 Å². The molecule has 5 nitrogen and oxygen atoms in total. The van der Waals surface area contributed by atoms with Gasteiger partial charge in [0.15, 0.2) is 0 Å². The number of carbonyl (C=O) groups is 2. The molecule has 1 aromatic rings. The highest BCUT2D eigenvalue weighted by Gasteiger charge is 2.66. The third-order valence-electron chi connectivity index (χ3n) is 5.57. The fourth-order valence-electron chi connectivity index (χ4n) is 4.69. The van der Waals surface area contributed by atoms with Crippen LogP contribution in [0.15, 0.2) is 24.3 Å². The summed E-state index contributed by atoms with van der Waals surface area (Å²) >= 11 is 0. The topological polar surface area (TPSA) is 64.6 Å². The summed E-state index contributed by atoms with van der Waals surface area (Å²) in [6, 6.07) is 7.65. The predicted octanol–water partition coefficient (Wildman–Crippen LogP) is 2.36. The van der Waals surface area contributed by atoms with Crippen molar-refractivity contribution in [3.05, 3.63) is 29.8 Å². The van der Waals surface area contributed by atoms with Crippen molar-refractivity contribution in [1.82, 2.24) is 5.32 Å². The average molecular weight is 315 g/mol. The van der Waals surface area contributed by atoms with Crippen LogP contribution in [-0.4, -0.2) is 24.6 Å². The van der Waals surface area contributed by atoms with Crippen LogP contribution in [0.5, 0.6) is 5.75 Å². The molecule has 1 aromatic carbocycles. The molecule has 1 N–H and O–H groups in total. The summed E-state index contributed by atoms with van der Waals surface area (Å²) in [7, 11) is 0. The lowest BCUT2D eigenvalue weighted by Gasteiger charge is -2.49. The lowest BCUT2D eigenvalue weighted by atomic mass is 9.59. The van der Waals surface area contributed by atoms with Gasteiger partial charge in [0.05, 0.1) is 18.1 Å². The Kier molecular flexibility index (Phi) is 3.32. The first-order valence-corrected chi connectivity index (χ1v) is 8.41. The minimum absolute atomic E-state index is 0.121. The summed E-state index contributed by atoms with van der Waals surface area (Å²) in [6.07, 6.45) is 3.62. The Morgan fingerprint density at radius 1 is 1.39 bits per heavy atom. The molecule has 0 unspecified atom stereocenters. The van der Waals surface area contributed by atoms with Crippen molar-refractivity contribution in [3.8, 4) is 5.75 Å². The zero-order chi connectivity index (χ0) is 16.0. The number of amides is 1. The van der Waals surface area contributed by atoms with Crippen LogP contribution in [0.25, 0.3) is 0 Å². The number of para-hydroxylation sites is 1. The van der Waals surface area contributed by atoms with Crippen LogP contribution in [0.2, 0.25) is 0 Å². The molecule has 2 aliphatic heterocycles. The fraction of sp³-hybridized carbons (Fsp3) is 0.556. The molecule has 1 spiro atoms. The van der Waals surface area contributed by atoms with E-state index in [4.69, 9.17) is 9.47 Å². The van der Waals surface area contributed by atoms with Crippen LogP contribution in [0.4, 0.5) is 0 Å². The number of nitrogens with one attached hydrogen (secondary N) is 1. The van der Waals surface area contributed by atoms with Gasteiger partial charge in [0, 0.05) is 5.56 Å². The summed E-state index contributed by atoms with van der Waals surface area (Å²) in [5, 5.41) is 3.07. The van der Waals surface area contributed by atoms with Crippen LogP contribution >= 0.6 is 0 Å². The highest BCUT2D eigenvalue weighted by atomic mass is 16.5. The van der Waals surface area contributed by atoms with Gasteiger partial charge in [0.2, 0.25) is 5.91 Å². The van der Waals surface area contributed by atoms with Crippen molar-refractivity contribution in [3.63, 3.8) is 0 Å². The smallest absolute Gasteiger partial charge is 0.319 e. The molecule has 1 saturated carbocycles. The normalized spacial score (nSPS) is 34.5. The number of carbonyl (C=O) groups excluding carboxylic acids is 2. The standard InChI is InChI=1S/C18H21NO4/c1-2-22-17(21)14-16(20)19-15-11-7-3-4-8-12(11)23-13-9-5-6-10-18(13,14)15/h3-4,7-8,13-15H,2,5-6,9-10H2,1H3,(H,19,20)/t13-,14+,15+,18+/m0/s1. The number of esters is 1. The highest BCUT2D eigenvalue weighted by molar-refractivity contribution is 6.01. The lowest BCUT2D eigenvalue weighted by molar-refractivity contribution is -0.161. The van der Waals surface area contributed by atoms with E-state index in [1.54, 1.807) is 6.92 Å². The second kappa shape index (κ2) is 5.25. The summed E-state index contributed by atoms with van der Waals surface area (Å²) < 4.78 is 11.5. The molecule has 1 aliphatic carbocycles. The van der Waals surface area contributed by atoms with Crippen molar-refractivity contribution >= 4 is 11.9 Å². The maximum Gasteiger partial charge on any atom is 0.319 e. The summed E-state index contributed by atoms with van der Waals surface area (Å²) in [4.78, 5) is 25.2. The van der Waals surface area contributed by atoms with E-state index < -0.39 is 17.3 Å². The zero-order valence-corrected chi connectivity index (χ0v) is 13.2. The third-order valence-corrected chi connectivity index (χ3v) is 5.57. The lowest BCUT2D eigenvalue weighted by Crippen LogP contribution is -2.53. The second-order valence-electron chi connectivity index (χ2n) is 6.63. The first kappa shape index (κ1) is 14.5. The van der Waals surface area contributed by atoms with E-state index >= 15 is 0 Å². The molecule has 4 rings (SSSR count). The molecule has 1 saturated heterocycles. The van der Waals surface area contributed by atoms with Gasteiger partial charge in [-0.3, -0.25) is 9.59 Å². The molecule has 2 fully saturated rings. The monoisotopic (exact) mass is 315 g/mol. The Morgan fingerprint density at radius 3 is 3.04 bits per heavy atom. The molecular formula is C18H21NO4. The molecule has 23 heavy (non-hydrogen) atoms. The van der Waals surface area contributed by atoms with E-state index in [0.29, 0.717) is 0 Å². The molecule has 0 aromatic heterocycles. The Bertz CT molecular complexity index is 658. The molecule has 3 aliphatic rings. The van der Waals surface area contributed by atoms with Gasteiger partial charge < -0.3 is 14.8 Å². The number of hydrogen-bond acceptors (Lipinski definition) is 4. The van der Waals surface area contributed by atoms with Crippen molar-refractivity contribution in [2.24, 2.45) is 11.3 Å². The van der Waals surface area contributed by atoms with E-state index in [0.717, 1.165) is 37.0 Å². The molecule has 0 radical (unpaired) electrons. The highest BCUT2D eigenvalue weighted by Crippen LogP contribution is 2.60. The summed E-state index contributed by atoms with van der Waals surface area (Å²) in [5.74, 6) is -0.584. The van der Waals surface area contributed by atoms with Gasteiger partial charge in [0.1, 0.15) is 17.8 Å². The average Bonchev–Trinajstić information content (AvgIpc) is 2.85. The Labute approximate surface area is 135 Å². The number of ether oxygens (including phenoxy) is 2. The van der Waals surface area contributed by atoms with Gasteiger partial charge >= 0.3 is 5.97 Å².